The molecule has 3 N–H and O–H groups in total. The predicted molar refractivity (Wildman–Crippen MR) is 100 cm³/mol. The zero-order valence-electron chi connectivity index (χ0n) is 15.9. The maximum atomic E-state index is 12.8. The van der Waals surface area contributed by atoms with Crippen LogP contribution in [0.25, 0.3) is 0 Å². The van der Waals surface area contributed by atoms with Gasteiger partial charge in [-0.25, -0.2) is 8.42 Å². The third kappa shape index (κ3) is 4.95. The van der Waals surface area contributed by atoms with Crippen LogP contribution < -0.4 is 11.1 Å². The molecule has 2 aliphatic rings. The Balaban J connectivity index is 1.79. The maximum Gasteiger partial charge on any atom is 0.234 e. The first-order chi connectivity index (χ1) is 12.2. The van der Waals surface area contributed by atoms with Crippen molar-refractivity contribution >= 4 is 21.7 Å². The average Bonchev–Trinajstić information content (AvgIpc) is 2.95. The molecule has 2 amide bonds. The second kappa shape index (κ2) is 8.67. The highest BCUT2D eigenvalue weighted by Gasteiger charge is 2.38. The molecule has 0 aromatic carbocycles. The lowest BCUT2D eigenvalue weighted by Gasteiger charge is -2.40. The van der Waals surface area contributed by atoms with Crippen molar-refractivity contribution in [2.45, 2.75) is 39.2 Å². The molecule has 1 unspecified atom stereocenters. The van der Waals surface area contributed by atoms with E-state index in [0.29, 0.717) is 39.1 Å². The molecule has 0 spiro atoms. The number of carbonyl (C=O) groups excluding carboxylic acids is 2. The van der Waals surface area contributed by atoms with Crippen molar-refractivity contribution in [2.24, 2.45) is 11.1 Å². The monoisotopic (exact) mass is 388 g/mol. The minimum absolute atomic E-state index is 0.0379. The molecule has 0 aromatic heterocycles. The van der Waals surface area contributed by atoms with Crippen LogP contribution in [0, 0.1) is 5.41 Å². The highest BCUT2D eigenvalue weighted by atomic mass is 32.2. The van der Waals surface area contributed by atoms with Gasteiger partial charge >= 0.3 is 0 Å². The lowest BCUT2D eigenvalue weighted by molar-refractivity contribution is -0.144. The van der Waals surface area contributed by atoms with Gasteiger partial charge in [-0.3, -0.25) is 14.5 Å². The summed E-state index contributed by atoms with van der Waals surface area (Å²) in [5.41, 5.74) is 5.39. The van der Waals surface area contributed by atoms with E-state index in [4.69, 9.17) is 5.73 Å². The summed E-state index contributed by atoms with van der Waals surface area (Å²) in [6.07, 6.45) is 1.95. The Hall–Kier alpha value is -1.19. The van der Waals surface area contributed by atoms with E-state index in [0.717, 1.165) is 12.8 Å². The summed E-state index contributed by atoms with van der Waals surface area (Å²) in [5, 5.41) is 2.81. The summed E-state index contributed by atoms with van der Waals surface area (Å²) < 4.78 is 22.9. The Morgan fingerprint density at radius 1 is 1.15 bits per heavy atom. The molecular weight excluding hydrogens is 356 g/mol. The smallest absolute Gasteiger partial charge is 0.234 e. The summed E-state index contributed by atoms with van der Waals surface area (Å²) >= 11 is 0. The molecule has 9 heteroatoms. The molecule has 2 saturated heterocycles. The van der Waals surface area contributed by atoms with Crippen molar-refractivity contribution in [1.29, 1.82) is 0 Å². The van der Waals surface area contributed by atoms with Crippen LogP contribution in [-0.2, 0) is 19.4 Å². The summed E-state index contributed by atoms with van der Waals surface area (Å²) in [5.74, 6) is 0.155. The van der Waals surface area contributed by atoms with E-state index in [1.807, 2.05) is 23.6 Å². The van der Waals surface area contributed by atoms with E-state index in [1.54, 1.807) is 0 Å². The summed E-state index contributed by atoms with van der Waals surface area (Å²) in [4.78, 5) is 28.8. The Morgan fingerprint density at radius 3 is 2.23 bits per heavy atom. The normalized spacial score (nSPS) is 23.8. The number of carbonyl (C=O) groups is 2. The predicted octanol–water partition coefficient (Wildman–Crippen LogP) is -0.801. The lowest BCUT2D eigenvalue weighted by Crippen LogP contribution is -2.56. The quantitative estimate of drug-likeness (QED) is 0.590. The molecule has 1 atom stereocenters. The van der Waals surface area contributed by atoms with Crippen molar-refractivity contribution in [3.05, 3.63) is 0 Å². The Bertz CT molecular complexity index is 602. The summed E-state index contributed by atoms with van der Waals surface area (Å²) in [6, 6.07) is -0.269. The molecule has 0 radical (unpaired) electrons. The van der Waals surface area contributed by atoms with Gasteiger partial charge < -0.3 is 16.0 Å². The number of hydrogen-bond acceptors (Lipinski definition) is 6. The second-order valence-electron chi connectivity index (χ2n) is 7.43. The zero-order chi connectivity index (χ0) is 19.4. The van der Waals surface area contributed by atoms with Crippen molar-refractivity contribution in [2.75, 3.05) is 50.8 Å². The molecule has 2 fully saturated rings. The number of nitrogens with one attached hydrogen (secondary N) is 1. The zero-order valence-corrected chi connectivity index (χ0v) is 16.7. The number of piperazine rings is 1. The van der Waals surface area contributed by atoms with Crippen LogP contribution in [0.1, 0.15) is 33.1 Å². The van der Waals surface area contributed by atoms with Crippen LogP contribution in [-0.4, -0.2) is 86.8 Å². The molecule has 150 valence electrons. The molecule has 0 saturated carbocycles. The van der Waals surface area contributed by atoms with Crippen molar-refractivity contribution in [3.63, 3.8) is 0 Å². The highest BCUT2D eigenvalue weighted by Crippen LogP contribution is 2.28. The molecule has 2 heterocycles. The first-order valence-corrected chi connectivity index (χ1v) is 11.3. The third-order valence-corrected chi connectivity index (χ3v) is 7.59. The van der Waals surface area contributed by atoms with Crippen LogP contribution >= 0.6 is 0 Å². The average molecular weight is 389 g/mol. The van der Waals surface area contributed by atoms with Gasteiger partial charge in [-0.1, -0.05) is 13.8 Å². The van der Waals surface area contributed by atoms with Crippen molar-refractivity contribution in [1.82, 2.24) is 15.1 Å². The van der Waals surface area contributed by atoms with Gasteiger partial charge in [0.2, 0.25) is 11.8 Å². The SMILES string of the molecule is CCC(CC)(CN)C(=O)N1CCN(CC(=O)NC2CCS(=O)(=O)C2)CC1. The highest BCUT2D eigenvalue weighted by molar-refractivity contribution is 7.91. The van der Waals surface area contributed by atoms with Crippen LogP contribution in [0.4, 0.5) is 0 Å². The number of nitrogens with zero attached hydrogens (tertiary/aromatic N) is 2. The molecule has 26 heavy (non-hydrogen) atoms. The Morgan fingerprint density at radius 2 is 1.77 bits per heavy atom. The topological polar surface area (TPSA) is 113 Å². The van der Waals surface area contributed by atoms with E-state index in [2.05, 4.69) is 5.32 Å². The molecule has 8 nitrogen and oxygen atoms in total. The molecule has 0 aromatic rings. The van der Waals surface area contributed by atoms with Gasteiger partial charge in [0.05, 0.1) is 23.5 Å². The summed E-state index contributed by atoms with van der Waals surface area (Å²) in [7, 11) is -3.00. The van der Waals surface area contributed by atoms with Gasteiger partial charge in [-0.2, -0.15) is 0 Å². The number of rotatable bonds is 7. The van der Waals surface area contributed by atoms with Crippen LogP contribution in [0.15, 0.2) is 0 Å². The van der Waals surface area contributed by atoms with Crippen LogP contribution in [0.5, 0.6) is 0 Å². The van der Waals surface area contributed by atoms with E-state index in [9.17, 15) is 18.0 Å². The molecule has 0 aliphatic carbocycles. The van der Waals surface area contributed by atoms with Crippen LogP contribution in [0.3, 0.4) is 0 Å². The van der Waals surface area contributed by atoms with Gasteiger partial charge in [0.1, 0.15) is 0 Å². The van der Waals surface area contributed by atoms with Crippen molar-refractivity contribution in [3.8, 4) is 0 Å². The number of nitrogens with two attached hydrogens (primary N) is 1. The van der Waals surface area contributed by atoms with Gasteiger partial charge in [-0.05, 0) is 19.3 Å². The van der Waals surface area contributed by atoms with Crippen LogP contribution in [0.2, 0.25) is 0 Å². The summed E-state index contributed by atoms with van der Waals surface area (Å²) in [6.45, 7) is 7.04. The molecule has 0 bridgehead atoms. The fraction of sp³-hybridized carbons (Fsp3) is 0.882. The van der Waals surface area contributed by atoms with E-state index < -0.39 is 15.3 Å². The number of hydrogen-bond donors (Lipinski definition) is 2. The van der Waals surface area contributed by atoms with Gasteiger partial charge in [-0.15, -0.1) is 0 Å². The van der Waals surface area contributed by atoms with Gasteiger partial charge in [0.25, 0.3) is 0 Å². The molecule has 2 rings (SSSR count). The first kappa shape index (κ1) is 21.1. The number of sulfone groups is 1. The largest absolute Gasteiger partial charge is 0.351 e. The Kier molecular flexibility index (Phi) is 7.04. The van der Waals surface area contributed by atoms with Crippen molar-refractivity contribution < 1.29 is 18.0 Å². The second-order valence-corrected chi connectivity index (χ2v) is 9.66. The first-order valence-electron chi connectivity index (χ1n) is 9.47. The van der Waals surface area contributed by atoms with E-state index in [-0.39, 0.29) is 35.9 Å². The van der Waals surface area contributed by atoms with Gasteiger partial charge in [0, 0.05) is 38.8 Å². The lowest BCUT2D eigenvalue weighted by atomic mass is 9.81. The van der Waals surface area contributed by atoms with Gasteiger partial charge in [0.15, 0.2) is 9.84 Å². The fourth-order valence-corrected chi connectivity index (χ4v) is 5.43. The number of amides is 2. The minimum Gasteiger partial charge on any atom is -0.351 e. The Labute approximate surface area is 156 Å². The fourth-order valence-electron chi connectivity index (χ4n) is 3.76. The minimum atomic E-state index is -3.00. The van der Waals surface area contributed by atoms with E-state index in [1.165, 1.54) is 0 Å². The molecule has 2 aliphatic heterocycles. The maximum absolute atomic E-state index is 12.8. The third-order valence-electron chi connectivity index (χ3n) is 5.82. The van der Waals surface area contributed by atoms with E-state index >= 15 is 0 Å². The standard InChI is InChI=1S/C17H32N4O4S/c1-3-17(4-2,13-18)16(23)21-8-6-20(7-9-21)11-15(22)19-14-5-10-26(24,25)12-14/h14H,3-13,18H2,1-2H3,(H,19,22). The molecular formula is C17H32N4O4S.